The first kappa shape index (κ1) is 18.8. The van der Waals surface area contributed by atoms with E-state index in [0.29, 0.717) is 17.4 Å². The fourth-order valence-corrected chi connectivity index (χ4v) is 4.47. The van der Waals surface area contributed by atoms with Crippen LogP contribution in [0.1, 0.15) is 29.1 Å². The summed E-state index contributed by atoms with van der Waals surface area (Å²) in [5.74, 6) is -0.769. The van der Waals surface area contributed by atoms with Crippen molar-refractivity contribution in [2.45, 2.75) is 31.4 Å². The topological polar surface area (TPSA) is 133 Å². The van der Waals surface area contributed by atoms with E-state index in [1.54, 1.807) is 10.9 Å². The van der Waals surface area contributed by atoms with Gasteiger partial charge in [-0.05, 0) is 25.8 Å². The molecule has 11 nitrogen and oxygen atoms in total. The molecule has 2 N–H and O–H groups in total. The van der Waals surface area contributed by atoms with Crippen LogP contribution in [-0.2, 0) is 4.74 Å². The van der Waals surface area contributed by atoms with Crippen molar-refractivity contribution in [2.75, 3.05) is 24.4 Å². The van der Waals surface area contributed by atoms with Gasteiger partial charge in [0.2, 0.25) is 16.0 Å². The SMILES string of the molecule is COc1c(NC23COC(C2)C3)cc(C(=O)Nc2nnc(-n3nccc3C)s2)oc1=O. The summed E-state index contributed by atoms with van der Waals surface area (Å²) in [5, 5.41) is 18.8. The number of hydrogen-bond donors (Lipinski definition) is 2. The van der Waals surface area contributed by atoms with Crippen molar-refractivity contribution >= 4 is 28.1 Å². The van der Waals surface area contributed by atoms with Crippen molar-refractivity contribution in [3.63, 3.8) is 0 Å². The summed E-state index contributed by atoms with van der Waals surface area (Å²) in [6.45, 7) is 2.43. The quantitative estimate of drug-likeness (QED) is 0.598. The lowest BCUT2D eigenvalue weighted by Crippen LogP contribution is -2.47. The van der Waals surface area contributed by atoms with Gasteiger partial charge in [-0.2, -0.15) is 5.10 Å². The Bertz CT molecular complexity index is 1170. The Labute approximate surface area is 174 Å². The molecule has 3 fully saturated rings. The number of aryl methyl sites for hydroxylation is 1. The number of rotatable bonds is 6. The zero-order valence-electron chi connectivity index (χ0n) is 16.2. The Balaban J connectivity index is 1.38. The van der Waals surface area contributed by atoms with E-state index in [0.717, 1.165) is 29.9 Å². The van der Waals surface area contributed by atoms with Crippen molar-refractivity contribution in [3.8, 4) is 10.9 Å². The van der Waals surface area contributed by atoms with Gasteiger partial charge < -0.3 is 19.2 Å². The van der Waals surface area contributed by atoms with E-state index >= 15 is 0 Å². The van der Waals surface area contributed by atoms with E-state index in [1.807, 2.05) is 13.0 Å². The summed E-state index contributed by atoms with van der Waals surface area (Å²) in [4.78, 5) is 25.0. The van der Waals surface area contributed by atoms with Crippen molar-refractivity contribution in [1.82, 2.24) is 20.0 Å². The van der Waals surface area contributed by atoms with Crippen LogP contribution in [0.2, 0.25) is 0 Å². The fourth-order valence-electron chi connectivity index (χ4n) is 3.71. The van der Waals surface area contributed by atoms with Crippen molar-refractivity contribution < 1.29 is 18.7 Å². The molecule has 0 radical (unpaired) electrons. The van der Waals surface area contributed by atoms with Crippen LogP contribution < -0.4 is 21.0 Å². The molecule has 0 spiro atoms. The second-order valence-corrected chi connectivity index (χ2v) is 8.28. The molecule has 3 aromatic rings. The lowest BCUT2D eigenvalue weighted by molar-refractivity contribution is 0.0991. The number of amides is 1. The normalized spacial score (nSPS) is 21.9. The van der Waals surface area contributed by atoms with Crippen molar-refractivity contribution in [3.05, 3.63) is 40.2 Å². The number of aromatic nitrogens is 4. The van der Waals surface area contributed by atoms with E-state index in [9.17, 15) is 9.59 Å². The highest BCUT2D eigenvalue weighted by Crippen LogP contribution is 2.45. The summed E-state index contributed by atoms with van der Waals surface area (Å²) >= 11 is 1.15. The van der Waals surface area contributed by atoms with Gasteiger partial charge in [0, 0.05) is 18.0 Å². The Morgan fingerprint density at radius 2 is 2.23 bits per heavy atom. The summed E-state index contributed by atoms with van der Waals surface area (Å²) in [6.07, 6.45) is 3.59. The van der Waals surface area contributed by atoms with Gasteiger partial charge in [-0.3, -0.25) is 10.1 Å². The third kappa shape index (κ3) is 3.13. The number of nitrogens with one attached hydrogen (secondary N) is 2. The molecule has 0 atom stereocenters. The minimum Gasteiger partial charge on any atom is -0.488 e. The molecule has 2 aliphatic heterocycles. The minimum atomic E-state index is -0.746. The van der Waals surface area contributed by atoms with Crippen LogP contribution in [0.5, 0.6) is 5.75 Å². The molecule has 5 heterocycles. The molecule has 30 heavy (non-hydrogen) atoms. The summed E-state index contributed by atoms with van der Waals surface area (Å²) in [6, 6.07) is 3.29. The monoisotopic (exact) mass is 430 g/mol. The van der Waals surface area contributed by atoms with Crippen LogP contribution >= 0.6 is 11.3 Å². The smallest absolute Gasteiger partial charge is 0.381 e. The number of carbonyl (C=O) groups is 1. The van der Waals surface area contributed by atoms with E-state index in [2.05, 4.69) is 25.9 Å². The Morgan fingerprint density at radius 3 is 2.90 bits per heavy atom. The van der Waals surface area contributed by atoms with Gasteiger partial charge in [-0.15, -0.1) is 10.2 Å². The third-order valence-corrected chi connectivity index (χ3v) is 6.03. The Hall–Kier alpha value is -3.25. The molecule has 1 amide bonds. The zero-order chi connectivity index (χ0) is 20.9. The number of anilines is 2. The molecule has 3 aliphatic rings. The molecule has 6 rings (SSSR count). The van der Waals surface area contributed by atoms with E-state index in [-0.39, 0.29) is 28.3 Å². The maximum atomic E-state index is 12.7. The molecule has 1 saturated carbocycles. The van der Waals surface area contributed by atoms with Crippen LogP contribution in [0, 0.1) is 6.92 Å². The molecule has 156 valence electrons. The first-order valence-corrected chi connectivity index (χ1v) is 10.1. The molecule has 3 aromatic heterocycles. The summed E-state index contributed by atoms with van der Waals surface area (Å²) in [7, 11) is 1.38. The number of ether oxygens (including phenoxy) is 2. The van der Waals surface area contributed by atoms with E-state index in [1.165, 1.54) is 13.2 Å². The predicted molar refractivity (Wildman–Crippen MR) is 107 cm³/mol. The van der Waals surface area contributed by atoms with Crippen LogP contribution in [0.4, 0.5) is 10.8 Å². The van der Waals surface area contributed by atoms with Gasteiger partial charge in [0.25, 0.3) is 5.91 Å². The van der Waals surface area contributed by atoms with Crippen LogP contribution in [0.3, 0.4) is 0 Å². The molecule has 2 saturated heterocycles. The number of nitrogens with zero attached hydrogens (tertiary/aromatic N) is 4. The van der Waals surface area contributed by atoms with Gasteiger partial charge in [0.05, 0.1) is 31.0 Å². The molecule has 0 unspecified atom stereocenters. The second-order valence-electron chi connectivity index (χ2n) is 7.32. The fraction of sp³-hybridized carbons (Fsp3) is 0.389. The molecular weight excluding hydrogens is 412 g/mol. The number of hydrogen-bond acceptors (Lipinski definition) is 10. The van der Waals surface area contributed by atoms with Crippen molar-refractivity contribution in [1.29, 1.82) is 0 Å². The Morgan fingerprint density at radius 1 is 1.40 bits per heavy atom. The highest BCUT2D eigenvalue weighted by Gasteiger charge is 2.52. The summed E-state index contributed by atoms with van der Waals surface area (Å²) in [5.41, 5.74) is 0.293. The number of fused-ring (bicyclic) bond motifs is 1. The van der Waals surface area contributed by atoms with Gasteiger partial charge in [0.1, 0.15) is 0 Å². The lowest BCUT2D eigenvalue weighted by atomic mass is 9.78. The third-order valence-electron chi connectivity index (χ3n) is 5.22. The van der Waals surface area contributed by atoms with Crippen LogP contribution in [-0.4, -0.2) is 51.2 Å². The molecule has 2 bridgehead atoms. The van der Waals surface area contributed by atoms with Gasteiger partial charge in [0.15, 0.2) is 5.76 Å². The molecular formula is C18H18N6O5S. The predicted octanol–water partition coefficient (Wildman–Crippen LogP) is 1.59. The highest BCUT2D eigenvalue weighted by atomic mass is 32.1. The second kappa shape index (κ2) is 6.92. The maximum Gasteiger partial charge on any atom is 0.381 e. The molecule has 0 aromatic carbocycles. The number of carbonyl (C=O) groups excluding carboxylic acids is 1. The Kier molecular flexibility index (Phi) is 4.33. The minimum absolute atomic E-state index is 0.0173. The van der Waals surface area contributed by atoms with Gasteiger partial charge in [-0.25, -0.2) is 9.48 Å². The average molecular weight is 430 g/mol. The van der Waals surface area contributed by atoms with Crippen LogP contribution in [0.25, 0.3) is 5.13 Å². The zero-order valence-corrected chi connectivity index (χ0v) is 17.0. The average Bonchev–Trinajstić information content (AvgIpc) is 3.46. The lowest BCUT2D eigenvalue weighted by Gasteiger charge is -2.37. The van der Waals surface area contributed by atoms with Crippen LogP contribution in [0.15, 0.2) is 27.5 Å². The maximum absolute atomic E-state index is 12.7. The first-order valence-electron chi connectivity index (χ1n) is 9.24. The molecule has 1 aliphatic carbocycles. The van der Waals surface area contributed by atoms with Gasteiger partial charge in [-0.1, -0.05) is 11.3 Å². The summed E-state index contributed by atoms with van der Waals surface area (Å²) < 4.78 is 17.6. The van der Waals surface area contributed by atoms with Crippen molar-refractivity contribution in [2.24, 2.45) is 0 Å². The van der Waals surface area contributed by atoms with E-state index in [4.69, 9.17) is 13.9 Å². The first-order chi connectivity index (χ1) is 14.5. The van der Waals surface area contributed by atoms with Gasteiger partial charge >= 0.3 is 5.63 Å². The molecule has 12 heteroatoms. The standard InChI is InChI=1S/C18H18N6O5S/c1-9-3-4-19-24(9)17-23-22-16(30-17)20-14(25)12-5-11(13(27-2)15(26)29-12)21-18-6-10(7-18)28-8-18/h3-5,10,21H,6-8H2,1-2H3,(H,20,22,25). The number of methoxy groups -OCH3 is 1. The largest absolute Gasteiger partial charge is 0.488 e. The highest BCUT2D eigenvalue weighted by molar-refractivity contribution is 7.17. The van der Waals surface area contributed by atoms with E-state index < -0.39 is 11.5 Å².